The summed E-state index contributed by atoms with van der Waals surface area (Å²) in [7, 11) is 0. The first-order valence-corrected chi connectivity index (χ1v) is 8.28. The van der Waals surface area contributed by atoms with Gasteiger partial charge >= 0.3 is 0 Å². The average Bonchev–Trinajstić information content (AvgIpc) is 2.95. The highest BCUT2D eigenvalue weighted by atomic mass is 15.1. The van der Waals surface area contributed by atoms with Gasteiger partial charge in [-0.3, -0.25) is 4.99 Å². The van der Waals surface area contributed by atoms with Gasteiger partial charge < -0.3 is 0 Å². The third kappa shape index (κ3) is 1.84. The normalized spacial score (nSPS) is 38.1. The lowest BCUT2D eigenvalue weighted by atomic mass is 9.64. The minimum atomic E-state index is 0.358. The summed E-state index contributed by atoms with van der Waals surface area (Å²) in [5.41, 5.74) is 5.42. The lowest BCUT2D eigenvalue weighted by Crippen LogP contribution is -2.45. The van der Waals surface area contributed by atoms with Gasteiger partial charge in [0.1, 0.15) is 5.54 Å². The molecule has 4 atom stereocenters. The molecule has 0 aromatic rings. The molecule has 3 aliphatic rings. The van der Waals surface area contributed by atoms with E-state index in [1.807, 2.05) is 5.57 Å². The van der Waals surface area contributed by atoms with E-state index in [4.69, 9.17) is 4.99 Å². The van der Waals surface area contributed by atoms with Gasteiger partial charge in [0.25, 0.3) is 0 Å². The van der Waals surface area contributed by atoms with Gasteiger partial charge in [-0.1, -0.05) is 45.3 Å². The molecule has 106 valence electrons. The van der Waals surface area contributed by atoms with Crippen LogP contribution in [0.4, 0.5) is 0 Å². The molecule has 0 bridgehead atoms. The molecule has 0 aromatic heterocycles. The number of allylic oxidation sites excluding steroid dienone is 2. The summed E-state index contributed by atoms with van der Waals surface area (Å²) in [6.07, 6.45) is 6.61. The molecule has 1 spiro atoms. The number of rotatable bonds is 4. The Bertz CT molecular complexity index is 443. The quantitative estimate of drug-likeness (QED) is 0.629. The third-order valence-corrected chi connectivity index (χ3v) is 6.02. The first kappa shape index (κ1) is 13.4. The Morgan fingerprint density at radius 1 is 1.26 bits per heavy atom. The lowest BCUT2D eigenvalue weighted by molar-refractivity contribution is 0.277. The van der Waals surface area contributed by atoms with Crippen LogP contribution in [0.5, 0.6) is 0 Å². The molecule has 1 saturated carbocycles. The summed E-state index contributed by atoms with van der Waals surface area (Å²) in [5.74, 6) is 3.21. The molecular formula is C18H29N. The van der Waals surface area contributed by atoms with Crippen molar-refractivity contribution in [3.63, 3.8) is 0 Å². The van der Waals surface area contributed by atoms with Crippen LogP contribution in [-0.4, -0.2) is 11.3 Å². The highest BCUT2D eigenvalue weighted by molar-refractivity contribution is 6.12. The average molecular weight is 259 g/mol. The van der Waals surface area contributed by atoms with Crippen LogP contribution in [0.25, 0.3) is 0 Å². The van der Waals surface area contributed by atoms with E-state index in [1.165, 1.54) is 32.1 Å². The van der Waals surface area contributed by atoms with Crippen LogP contribution in [0.1, 0.15) is 66.7 Å². The Hall–Kier alpha value is -0.590. The second-order valence-electron chi connectivity index (χ2n) is 7.54. The molecule has 0 radical (unpaired) electrons. The van der Waals surface area contributed by atoms with Crippen LogP contribution >= 0.6 is 0 Å². The Kier molecular flexibility index (Phi) is 3.15. The third-order valence-electron chi connectivity index (χ3n) is 6.02. The van der Waals surface area contributed by atoms with Gasteiger partial charge in [0.2, 0.25) is 0 Å². The van der Waals surface area contributed by atoms with Crippen molar-refractivity contribution in [2.75, 3.05) is 0 Å². The topological polar surface area (TPSA) is 12.4 Å². The lowest BCUT2D eigenvalue weighted by Gasteiger charge is -2.37. The second kappa shape index (κ2) is 4.46. The van der Waals surface area contributed by atoms with E-state index in [-0.39, 0.29) is 0 Å². The van der Waals surface area contributed by atoms with Gasteiger partial charge in [-0.15, -0.1) is 0 Å². The minimum absolute atomic E-state index is 0.358. The van der Waals surface area contributed by atoms with E-state index in [9.17, 15) is 0 Å². The van der Waals surface area contributed by atoms with Crippen molar-refractivity contribution in [3.05, 3.63) is 11.1 Å². The van der Waals surface area contributed by atoms with Crippen molar-refractivity contribution in [3.8, 4) is 0 Å². The van der Waals surface area contributed by atoms with Crippen LogP contribution in [0, 0.1) is 23.7 Å². The Balaban J connectivity index is 1.85. The number of hydrogen-bond acceptors (Lipinski definition) is 1. The second-order valence-corrected chi connectivity index (χ2v) is 7.54. The highest BCUT2D eigenvalue weighted by Crippen LogP contribution is 2.61. The smallest absolute Gasteiger partial charge is 0.105 e. The molecule has 4 unspecified atom stereocenters. The van der Waals surface area contributed by atoms with E-state index >= 15 is 0 Å². The maximum Gasteiger partial charge on any atom is 0.105 e. The summed E-state index contributed by atoms with van der Waals surface area (Å²) in [4.78, 5) is 4.87. The van der Waals surface area contributed by atoms with E-state index in [1.54, 1.807) is 11.3 Å². The maximum absolute atomic E-state index is 4.87. The minimum Gasteiger partial charge on any atom is -0.278 e. The monoisotopic (exact) mass is 259 g/mol. The Morgan fingerprint density at radius 2 is 2.00 bits per heavy atom. The Morgan fingerprint density at radius 3 is 2.53 bits per heavy atom. The molecule has 1 aliphatic heterocycles. The van der Waals surface area contributed by atoms with Crippen molar-refractivity contribution in [2.45, 2.75) is 72.3 Å². The van der Waals surface area contributed by atoms with Crippen LogP contribution in [0.15, 0.2) is 16.1 Å². The molecule has 1 heterocycles. The van der Waals surface area contributed by atoms with Crippen molar-refractivity contribution in [1.29, 1.82) is 0 Å². The highest BCUT2D eigenvalue weighted by Gasteiger charge is 2.65. The predicted molar refractivity (Wildman–Crippen MR) is 82.6 cm³/mol. The number of aliphatic imine (C=N–C) groups is 1. The zero-order valence-corrected chi connectivity index (χ0v) is 13.3. The van der Waals surface area contributed by atoms with Crippen LogP contribution in [0.2, 0.25) is 0 Å². The number of nitrogens with zero attached hydrogens (tertiary/aromatic N) is 1. The first-order valence-electron chi connectivity index (χ1n) is 8.28. The fraction of sp³-hybridized carbons (Fsp3) is 0.833. The van der Waals surface area contributed by atoms with Gasteiger partial charge in [-0.05, 0) is 56.3 Å². The number of hydrogen-bond donors (Lipinski definition) is 0. The fourth-order valence-corrected chi connectivity index (χ4v) is 4.89. The van der Waals surface area contributed by atoms with Crippen LogP contribution in [-0.2, 0) is 0 Å². The molecule has 19 heavy (non-hydrogen) atoms. The SMILES string of the molecule is CCCC(C1=C(C)CC(C)C23N=C2CC3C1)C(C)C. The van der Waals surface area contributed by atoms with Gasteiger partial charge in [-0.25, -0.2) is 0 Å². The van der Waals surface area contributed by atoms with Crippen LogP contribution in [0.3, 0.4) is 0 Å². The predicted octanol–water partition coefficient (Wildman–Crippen LogP) is 5.02. The van der Waals surface area contributed by atoms with Crippen molar-refractivity contribution < 1.29 is 0 Å². The maximum atomic E-state index is 4.87. The first-order chi connectivity index (χ1) is 9.00. The molecule has 0 aromatic carbocycles. The zero-order valence-electron chi connectivity index (χ0n) is 13.3. The van der Waals surface area contributed by atoms with E-state index in [0.717, 1.165) is 23.7 Å². The molecular weight excluding hydrogens is 230 g/mol. The molecule has 1 heteroatoms. The molecule has 0 N–H and O–H groups in total. The molecule has 0 amide bonds. The summed E-state index contributed by atoms with van der Waals surface area (Å²) in [6.45, 7) is 12.0. The standard InChI is InChI=1S/C18H29N/c1-6-7-15(11(2)3)16-9-14-10-17-18(14,19-17)13(5)8-12(16)4/h11,13-15H,6-10H2,1-5H3. The summed E-state index contributed by atoms with van der Waals surface area (Å²) < 4.78 is 0. The van der Waals surface area contributed by atoms with Crippen molar-refractivity contribution >= 4 is 5.71 Å². The molecule has 1 fully saturated rings. The summed E-state index contributed by atoms with van der Waals surface area (Å²) >= 11 is 0. The largest absolute Gasteiger partial charge is 0.278 e. The Labute approximate surface area is 118 Å². The molecule has 1 nitrogen and oxygen atoms in total. The molecule has 2 aliphatic carbocycles. The van der Waals surface area contributed by atoms with Gasteiger partial charge in [0.15, 0.2) is 0 Å². The van der Waals surface area contributed by atoms with Gasteiger partial charge in [0, 0.05) is 5.71 Å². The molecule has 0 saturated heterocycles. The van der Waals surface area contributed by atoms with Crippen molar-refractivity contribution in [1.82, 2.24) is 0 Å². The van der Waals surface area contributed by atoms with Crippen molar-refractivity contribution in [2.24, 2.45) is 28.7 Å². The van der Waals surface area contributed by atoms with E-state index < -0.39 is 0 Å². The summed E-state index contributed by atoms with van der Waals surface area (Å²) in [6, 6.07) is 0. The fourth-order valence-electron chi connectivity index (χ4n) is 4.89. The van der Waals surface area contributed by atoms with Crippen LogP contribution < -0.4 is 0 Å². The van der Waals surface area contributed by atoms with Gasteiger partial charge in [0.05, 0.1) is 0 Å². The van der Waals surface area contributed by atoms with Gasteiger partial charge in [-0.2, -0.15) is 0 Å². The van der Waals surface area contributed by atoms with E-state index in [0.29, 0.717) is 5.54 Å². The zero-order chi connectivity index (χ0) is 13.8. The van der Waals surface area contributed by atoms with E-state index in [2.05, 4.69) is 34.6 Å². The molecule has 3 rings (SSSR count). The summed E-state index contributed by atoms with van der Waals surface area (Å²) in [5, 5.41) is 0.